The molecule has 6 nitrogen and oxygen atoms in total. The summed E-state index contributed by atoms with van der Waals surface area (Å²) in [6, 6.07) is 3.90. The van der Waals surface area contributed by atoms with Gasteiger partial charge in [0.25, 0.3) is 0 Å². The van der Waals surface area contributed by atoms with Gasteiger partial charge in [0.15, 0.2) is 17.4 Å². The number of aryl methyl sites for hydroxylation is 2. The molecule has 3 rings (SSSR count). The third-order valence-electron chi connectivity index (χ3n) is 3.88. The predicted molar refractivity (Wildman–Crippen MR) is 93.5 cm³/mol. The summed E-state index contributed by atoms with van der Waals surface area (Å²) in [5.74, 6) is 2.60. The third kappa shape index (κ3) is 2.80. The van der Waals surface area contributed by atoms with E-state index >= 15 is 0 Å². The van der Waals surface area contributed by atoms with Gasteiger partial charge in [-0.2, -0.15) is 4.98 Å². The van der Waals surface area contributed by atoms with E-state index in [9.17, 15) is 0 Å². The second kappa shape index (κ2) is 6.32. The molecule has 2 aromatic rings. The van der Waals surface area contributed by atoms with Crippen LogP contribution in [-0.2, 0) is 0 Å². The van der Waals surface area contributed by atoms with Crippen LogP contribution in [0, 0.1) is 13.8 Å². The number of halogens is 1. The van der Waals surface area contributed by atoms with Crippen LogP contribution < -0.4 is 19.9 Å². The molecule has 0 bridgehead atoms. The summed E-state index contributed by atoms with van der Waals surface area (Å²) >= 11 is 3.53. The van der Waals surface area contributed by atoms with Gasteiger partial charge in [-0.25, -0.2) is 4.98 Å². The number of benzene rings is 1. The molecule has 1 unspecified atom stereocenters. The minimum absolute atomic E-state index is 0.134. The molecule has 0 spiro atoms. The Hall–Kier alpha value is -2.28. The highest BCUT2D eigenvalue weighted by molar-refractivity contribution is 9.10. The van der Waals surface area contributed by atoms with Crippen molar-refractivity contribution >= 4 is 15.9 Å². The van der Waals surface area contributed by atoms with Gasteiger partial charge in [0.1, 0.15) is 5.82 Å². The molecular formula is C17H18BrN3O3. The molecule has 2 N–H and O–H groups in total. The first kappa shape index (κ1) is 16.6. The molecule has 1 aliphatic heterocycles. The van der Waals surface area contributed by atoms with E-state index in [1.807, 2.05) is 32.1 Å². The Morgan fingerprint density at radius 1 is 1.17 bits per heavy atom. The van der Waals surface area contributed by atoms with Gasteiger partial charge in [0.05, 0.1) is 18.7 Å². The summed E-state index contributed by atoms with van der Waals surface area (Å²) in [6.07, 6.45) is 1.85. The summed E-state index contributed by atoms with van der Waals surface area (Å²) in [7, 11) is 3.21. The van der Waals surface area contributed by atoms with Crippen molar-refractivity contribution in [2.75, 3.05) is 14.2 Å². The molecule has 0 saturated heterocycles. The SMILES string of the molecule is COc1cc(C2C=C(N)Oc3nc(C)nc(C)c32)cc(Br)c1OC. The van der Waals surface area contributed by atoms with E-state index in [2.05, 4.69) is 25.9 Å². The smallest absolute Gasteiger partial charge is 0.228 e. The van der Waals surface area contributed by atoms with Gasteiger partial charge >= 0.3 is 0 Å². The fourth-order valence-electron chi connectivity index (χ4n) is 2.90. The molecule has 0 radical (unpaired) electrons. The van der Waals surface area contributed by atoms with Crippen molar-refractivity contribution in [1.82, 2.24) is 9.97 Å². The zero-order chi connectivity index (χ0) is 17.4. The summed E-state index contributed by atoms with van der Waals surface area (Å²) in [4.78, 5) is 8.84. The quantitative estimate of drug-likeness (QED) is 0.864. The lowest BCUT2D eigenvalue weighted by Gasteiger charge is -2.25. The molecular weight excluding hydrogens is 374 g/mol. The van der Waals surface area contributed by atoms with Crippen molar-refractivity contribution in [3.05, 3.63) is 51.2 Å². The van der Waals surface area contributed by atoms with Crippen LogP contribution in [0.4, 0.5) is 0 Å². The highest BCUT2D eigenvalue weighted by Crippen LogP contribution is 2.43. The number of nitrogens with zero attached hydrogens (tertiary/aromatic N) is 2. The van der Waals surface area contributed by atoms with Crippen LogP contribution in [0.2, 0.25) is 0 Å². The highest BCUT2D eigenvalue weighted by Gasteiger charge is 2.28. The predicted octanol–water partition coefficient (Wildman–Crippen LogP) is 3.20. The maximum absolute atomic E-state index is 5.95. The lowest BCUT2D eigenvalue weighted by atomic mass is 9.89. The molecule has 1 aromatic heterocycles. The zero-order valence-corrected chi connectivity index (χ0v) is 15.5. The molecule has 1 aromatic carbocycles. The van der Waals surface area contributed by atoms with E-state index in [-0.39, 0.29) is 5.92 Å². The zero-order valence-electron chi connectivity index (χ0n) is 13.9. The summed E-state index contributed by atoms with van der Waals surface area (Å²) in [5.41, 5.74) is 8.68. The maximum Gasteiger partial charge on any atom is 0.228 e. The van der Waals surface area contributed by atoms with Crippen LogP contribution in [0.5, 0.6) is 17.4 Å². The van der Waals surface area contributed by atoms with Crippen molar-refractivity contribution in [3.63, 3.8) is 0 Å². The summed E-state index contributed by atoms with van der Waals surface area (Å²) in [6.45, 7) is 3.77. The Bertz CT molecular complexity index is 836. The van der Waals surface area contributed by atoms with Gasteiger partial charge < -0.3 is 19.9 Å². The first-order valence-corrected chi connectivity index (χ1v) is 8.15. The van der Waals surface area contributed by atoms with E-state index < -0.39 is 0 Å². The van der Waals surface area contributed by atoms with Crippen LogP contribution in [0.3, 0.4) is 0 Å². The van der Waals surface area contributed by atoms with Gasteiger partial charge in [-0.1, -0.05) is 0 Å². The molecule has 0 saturated carbocycles. The van der Waals surface area contributed by atoms with Gasteiger partial charge in [-0.05, 0) is 53.5 Å². The molecule has 126 valence electrons. The normalized spacial score (nSPS) is 16.0. The lowest BCUT2D eigenvalue weighted by Crippen LogP contribution is -2.19. The van der Waals surface area contributed by atoms with Crippen LogP contribution in [0.1, 0.15) is 28.6 Å². The number of ether oxygens (including phenoxy) is 3. The van der Waals surface area contributed by atoms with Gasteiger partial charge in [0.2, 0.25) is 5.88 Å². The minimum Gasteiger partial charge on any atom is -0.493 e. The Balaban J connectivity index is 2.20. The number of methoxy groups -OCH3 is 2. The van der Waals surface area contributed by atoms with Gasteiger partial charge in [-0.3, -0.25) is 0 Å². The number of fused-ring (bicyclic) bond motifs is 1. The van der Waals surface area contributed by atoms with E-state index in [4.69, 9.17) is 19.9 Å². The van der Waals surface area contributed by atoms with Crippen molar-refractivity contribution in [3.8, 4) is 17.4 Å². The second-order valence-corrected chi connectivity index (χ2v) is 6.32. The van der Waals surface area contributed by atoms with E-state index in [0.29, 0.717) is 29.1 Å². The average Bonchev–Trinajstić information content (AvgIpc) is 2.52. The largest absolute Gasteiger partial charge is 0.493 e. The Kier molecular flexibility index (Phi) is 4.36. The first-order chi connectivity index (χ1) is 11.4. The molecule has 2 heterocycles. The average molecular weight is 392 g/mol. The van der Waals surface area contributed by atoms with Crippen LogP contribution in [-0.4, -0.2) is 24.2 Å². The molecule has 7 heteroatoms. The number of aromatic nitrogens is 2. The van der Waals surface area contributed by atoms with Gasteiger partial charge in [0, 0.05) is 17.2 Å². The fraction of sp³-hybridized carbons (Fsp3) is 0.294. The molecule has 1 atom stereocenters. The van der Waals surface area contributed by atoms with E-state index in [1.54, 1.807) is 14.2 Å². The first-order valence-electron chi connectivity index (χ1n) is 7.36. The number of nitrogens with two attached hydrogens (primary N) is 1. The van der Waals surface area contributed by atoms with E-state index in [1.165, 1.54) is 0 Å². The minimum atomic E-state index is -0.134. The monoisotopic (exact) mass is 391 g/mol. The summed E-state index contributed by atoms with van der Waals surface area (Å²) < 4.78 is 17.2. The Morgan fingerprint density at radius 2 is 1.92 bits per heavy atom. The summed E-state index contributed by atoms with van der Waals surface area (Å²) in [5, 5.41) is 0. The topological polar surface area (TPSA) is 79.5 Å². The van der Waals surface area contributed by atoms with Crippen molar-refractivity contribution in [2.45, 2.75) is 19.8 Å². The van der Waals surface area contributed by atoms with Crippen molar-refractivity contribution < 1.29 is 14.2 Å². The fourth-order valence-corrected chi connectivity index (χ4v) is 3.52. The molecule has 0 amide bonds. The number of allylic oxidation sites excluding steroid dienone is 1. The number of hydrogen-bond donors (Lipinski definition) is 1. The Morgan fingerprint density at radius 3 is 2.58 bits per heavy atom. The maximum atomic E-state index is 5.95. The molecule has 1 aliphatic rings. The van der Waals surface area contributed by atoms with Crippen LogP contribution in [0.15, 0.2) is 28.6 Å². The number of rotatable bonds is 3. The molecule has 24 heavy (non-hydrogen) atoms. The molecule has 0 fully saturated rings. The third-order valence-corrected chi connectivity index (χ3v) is 4.47. The lowest BCUT2D eigenvalue weighted by molar-refractivity contribution is 0.352. The molecule has 0 aliphatic carbocycles. The van der Waals surface area contributed by atoms with Crippen LogP contribution in [0.25, 0.3) is 0 Å². The van der Waals surface area contributed by atoms with Gasteiger partial charge in [-0.15, -0.1) is 0 Å². The number of hydrogen-bond acceptors (Lipinski definition) is 6. The van der Waals surface area contributed by atoms with E-state index in [0.717, 1.165) is 21.3 Å². The Labute approximate surface area is 148 Å². The van der Waals surface area contributed by atoms with Crippen molar-refractivity contribution in [1.29, 1.82) is 0 Å². The second-order valence-electron chi connectivity index (χ2n) is 5.46. The standard InChI is InChI=1S/C17H18BrN3O3/c1-8-15-11(7-14(19)24-17(15)21-9(2)20-8)10-5-12(18)16(23-4)13(6-10)22-3/h5-7,11H,19H2,1-4H3. The van der Waals surface area contributed by atoms with Crippen molar-refractivity contribution in [2.24, 2.45) is 5.73 Å². The van der Waals surface area contributed by atoms with Crippen LogP contribution >= 0.6 is 15.9 Å². The highest BCUT2D eigenvalue weighted by atomic mass is 79.9.